The lowest BCUT2D eigenvalue weighted by molar-refractivity contribution is -0.119. The standard InChI is InChI=1S/C15H15N7O2/c1-20-12-5-7-17-21(12)8-6-9(15(20)24)10-3-2-4-11-18-14(13(16)23)19-22(10)11/h2-5,7,9H,6,8H2,1H3,(H2,16,23)/t9-/m0/s1. The quantitative estimate of drug-likeness (QED) is 0.722. The van der Waals surface area contributed by atoms with E-state index in [1.54, 1.807) is 35.0 Å². The van der Waals surface area contributed by atoms with Gasteiger partial charge in [0.2, 0.25) is 11.7 Å². The van der Waals surface area contributed by atoms with Crippen LogP contribution in [0.25, 0.3) is 5.65 Å². The van der Waals surface area contributed by atoms with Crippen LogP contribution in [0.5, 0.6) is 0 Å². The van der Waals surface area contributed by atoms with E-state index in [-0.39, 0.29) is 11.7 Å². The second-order valence-electron chi connectivity index (χ2n) is 5.67. The highest BCUT2D eigenvalue weighted by atomic mass is 16.2. The molecule has 24 heavy (non-hydrogen) atoms. The fraction of sp³-hybridized carbons (Fsp3) is 0.267. The number of carbonyl (C=O) groups excluding carboxylic acids is 2. The van der Waals surface area contributed by atoms with Crippen LogP contribution in [0.15, 0.2) is 30.5 Å². The summed E-state index contributed by atoms with van der Waals surface area (Å²) < 4.78 is 3.32. The molecule has 3 aromatic rings. The summed E-state index contributed by atoms with van der Waals surface area (Å²) in [5, 5.41) is 8.40. The molecule has 9 nitrogen and oxygen atoms in total. The molecule has 1 atom stereocenters. The monoisotopic (exact) mass is 325 g/mol. The molecule has 1 aliphatic rings. The summed E-state index contributed by atoms with van der Waals surface area (Å²) in [4.78, 5) is 30.0. The number of pyridine rings is 1. The number of amides is 2. The van der Waals surface area contributed by atoms with Gasteiger partial charge >= 0.3 is 0 Å². The van der Waals surface area contributed by atoms with Gasteiger partial charge in [0.1, 0.15) is 5.82 Å². The number of likely N-dealkylation sites (N-methyl/N-ethyl adjacent to an activating group) is 1. The number of rotatable bonds is 2. The number of nitrogens with zero attached hydrogens (tertiary/aromatic N) is 6. The molecule has 0 saturated heterocycles. The van der Waals surface area contributed by atoms with Crippen LogP contribution in [0.2, 0.25) is 0 Å². The van der Waals surface area contributed by atoms with Gasteiger partial charge in [-0.15, -0.1) is 5.10 Å². The molecule has 3 aromatic heterocycles. The van der Waals surface area contributed by atoms with Crippen molar-refractivity contribution in [2.24, 2.45) is 5.73 Å². The van der Waals surface area contributed by atoms with Crippen LogP contribution in [0.3, 0.4) is 0 Å². The first-order valence-electron chi connectivity index (χ1n) is 7.51. The normalized spacial score (nSPS) is 17.8. The summed E-state index contributed by atoms with van der Waals surface area (Å²) in [5.41, 5.74) is 6.42. The van der Waals surface area contributed by atoms with Crippen molar-refractivity contribution in [3.05, 3.63) is 42.0 Å². The third kappa shape index (κ3) is 2.05. The molecular formula is C15H15N7O2. The molecule has 0 spiro atoms. The van der Waals surface area contributed by atoms with Gasteiger partial charge in [0.05, 0.1) is 17.8 Å². The van der Waals surface area contributed by atoms with E-state index < -0.39 is 11.8 Å². The van der Waals surface area contributed by atoms with Gasteiger partial charge in [-0.3, -0.25) is 14.5 Å². The summed E-state index contributed by atoms with van der Waals surface area (Å²) >= 11 is 0. The van der Waals surface area contributed by atoms with Crippen LogP contribution in [0, 0.1) is 0 Å². The largest absolute Gasteiger partial charge is 0.363 e. The van der Waals surface area contributed by atoms with Crippen molar-refractivity contribution >= 4 is 23.3 Å². The SMILES string of the molecule is CN1C(=O)[C@H](c2cccc3nc(C(N)=O)nn23)CCn2nccc21. The molecule has 1 aliphatic heterocycles. The molecule has 4 heterocycles. The van der Waals surface area contributed by atoms with Gasteiger partial charge in [-0.1, -0.05) is 6.07 Å². The summed E-state index contributed by atoms with van der Waals surface area (Å²) in [5.74, 6) is -0.481. The zero-order chi connectivity index (χ0) is 16.8. The van der Waals surface area contributed by atoms with E-state index in [2.05, 4.69) is 15.2 Å². The fourth-order valence-corrected chi connectivity index (χ4v) is 3.07. The van der Waals surface area contributed by atoms with Crippen molar-refractivity contribution in [2.75, 3.05) is 11.9 Å². The maximum Gasteiger partial charge on any atom is 0.288 e. The Morgan fingerprint density at radius 3 is 2.96 bits per heavy atom. The number of hydrogen-bond donors (Lipinski definition) is 1. The van der Waals surface area contributed by atoms with Crippen molar-refractivity contribution < 1.29 is 9.59 Å². The minimum Gasteiger partial charge on any atom is -0.363 e. The van der Waals surface area contributed by atoms with Crippen LogP contribution in [0.4, 0.5) is 5.82 Å². The van der Waals surface area contributed by atoms with E-state index in [9.17, 15) is 9.59 Å². The summed E-state index contributed by atoms with van der Waals surface area (Å²) in [6.07, 6.45) is 2.25. The lowest BCUT2D eigenvalue weighted by Gasteiger charge is -2.20. The Balaban J connectivity index is 1.81. The van der Waals surface area contributed by atoms with Gasteiger partial charge in [-0.25, -0.2) is 14.2 Å². The Hall–Kier alpha value is -3.23. The van der Waals surface area contributed by atoms with E-state index in [4.69, 9.17) is 5.73 Å². The average Bonchev–Trinajstić information content (AvgIpc) is 3.18. The van der Waals surface area contributed by atoms with Gasteiger partial charge in [0.25, 0.3) is 5.91 Å². The van der Waals surface area contributed by atoms with Gasteiger partial charge in [0.15, 0.2) is 5.65 Å². The number of aromatic nitrogens is 5. The van der Waals surface area contributed by atoms with E-state index in [1.165, 1.54) is 4.52 Å². The number of nitrogens with two attached hydrogens (primary N) is 1. The molecule has 0 radical (unpaired) electrons. The number of aryl methyl sites for hydroxylation is 1. The van der Waals surface area contributed by atoms with Crippen molar-refractivity contribution in [3.8, 4) is 0 Å². The first-order valence-corrected chi connectivity index (χ1v) is 7.51. The number of anilines is 1. The zero-order valence-electron chi connectivity index (χ0n) is 13.0. The fourth-order valence-electron chi connectivity index (χ4n) is 3.07. The summed E-state index contributed by atoms with van der Waals surface area (Å²) in [6.45, 7) is 0.608. The average molecular weight is 325 g/mol. The maximum atomic E-state index is 12.9. The molecular weight excluding hydrogens is 310 g/mol. The molecule has 0 fully saturated rings. The number of fused-ring (bicyclic) bond motifs is 2. The molecule has 0 aromatic carbocycles. The maximum absolute atomic E-state index is 12.9. The van der Waals surface area contributed by atoms with Crippen molar-refractivity contribution in [3.63, 3.8) is 0 Å². The van der Waals surface area contributed by atoms with Gasteiger partial charge < -0.3 is 5.73 Å². The van der Waals surface area contributed by atoms with Crippen LogP contribution in [-0.2, 0) is 11.3 Å². The lowest BCUT2D eigenvalue weighted by atomic mass is 9.99. The highest BCUT2D eigenvalue weighted by molar-refractivity contribution is 5.97. The lowest BCUT2D eigenvalue weighted by Crippen LogP contribution is -2.31. The molecule has 0 saturated carbocycles. The van der Waals surface area contributed by atoms with Crippen LogP contribution < -0.4 is 10.6 Å². The van der Waals surface area contributed by atoms with E-state index in [0.717, 1.165) is 5.82 Å². The Morgan fingerprint density at radius 1 is 1.33 bits per heavy atom. The molecule has 4 rings (SSSR count). The van der Waals surface area contributed by atoms with Crippen LogP contribution in [-0.4, -0.2) is 43.2 Å². The second kappa shape index (κ2) is 5.15. The third-order valence-electron chi connectivity index (χ3n) is 4.26. The minimum absolute atomic E-state index is 0.0575. The Kier molecular flexibility index (Phi) is 3.08. The predicted octanol–water partition coefficient (Wildman–Crippen LogP) is 0.175. The van der Waals surface area contributed by atoms with Crippen molar-refractivity contribution in [1.82, 2.24) is 24.4 Å². The number of carbonyl (C=O) groups is 2. The second-order valence-corrected chi connectivity index (χ2v) is 5.67. The molecule has 2 N–H and O–H groups in total. The molecule has 0 unspecified atom stereocenters. The number of hydrogen-bond acceptors (Lipinski definition) is 5. The Morgan fingerprint density at radius 2 is 2.17 bits per heavy atom. The smallest absolute Gasteiger partial charge is 0.288 e. The molecule has 0 bridgehead atoms. The highest BCUT2D eigenvalue weighted by Crippen LogP contribution is 2.29. The predicted molar refractivity (Wildman–Crippen MR) is 84.5 cm³/mol. The topological polar surface area (TPSA) is 111 Å². The van der Waals surface area contributed by atoms with E-state index in [0.29, 0.717) is 24.3 Å². The van der Waals surface area contributed by atoms with Crippen molar-refractivity contribution in [1.29, 1.82) is 0 Å². The molecule has 9 heteroatoms. The minimum atomic E-state index is -0.700. The molecule has 0 aliphatic carbocycles. The summed E-state index contributed by atoms with van der Waals surface area (Å²) in [6, 6.07) is 7.14. The zero-order valence-corrected chi connectivity index (χ0v) is 13.0. The van der Waals surface area contributed by atoms with Gasteiger partial charge in [0, 0.05) is 19.7 Å². The molecule has 122 valence electrons. The van der Waals surface area contributed by atoms with Gasteiger partial charge in [-0.2, -0.15) is 5.10 Å². The summed E-state index contributed by atoms with van der Waals surface area (Å²) in [7, 11) is 1.73. The third-order valence-corrected chi connectivity index (χ3v) is 4.26. The molecule has 2 amide bonds. The highest BCUT2D eigenvalue weighted by Gasteiger charge is 2.31. The first-order chi connectivity index (χ1) is 11.6. The van der Waals surface area contributed by atoms with E-state index >= 15 is 0 Å². The van der Waals surface area contributed by atoms with Crippen LogP contribution in [0.1, 0.15) is 28.7 Å². The Labute approximate surface area is 136 Å². The first kappa shape index (κ1) is 14.4. The van der Waals surface area contributed by atoms with Crippen LogP contribution >= 0.6 is 0 Å². The van der Waals surface area contributed by atoms with Crippen molar-refractivity contribution in [2.45, 2.75) is 18.9 Å². The van der Waals surface area contributed by atoms with E-state index in [1.807, 2.05) is 12.1 Å². The Bertz CT molecular complexity index is 958. The number of primary amides is 1. The van der Waals surface area contributed by atoms with Gasteiger partial charge in [-0.05, 0) is 18.6 Å².